The Bertz CT molecular complexity index is 823. The average molecular weight is 342 g/mol. The summed E-state index contributed by atoms with van der Waals surface area (Å²) in [6, 6.07) is 14.5. The van der Waals surface area contributed by atoms with Crippen molar-refractivity contribution in [3.63, 3.8) is 0 Å². The Morgan fingerprint density at radius 2 is 1.83 bits per heavy atom. The predicted molar refractivity (Wildman–Crippen MR) is 94.3 cm³/mol. The van der Waals surface area contributed by atoms with Crippen LogP contribution in [0.15, 0.2) is 59.2 Å². The van der Waals surface area contributed by atoms with E-state index < -0.39 is 5.97 Å². The second-order valence-corrected chi connectivity index (χ2v) is 5.96. The molecule has 0 unspecified atom stereocenters. The molecule has 0 fully saturated rings. The zero-order chi connectivity index (χ0) is 17.1. The molecule has 0 amide bonds. The number of rotatable bonds is 4. The average Bonchev–Trinajstić information content (AvgIpc) is 2.90. The van der Waals surface area contributed by atoms with E-state index in [0.29, 0.717) is 10.6 Å². The van der Waals surface area contributed by atoms with Crippen molar-refractivity contribution in [2.45, 2.75) is 20.0 Å². The van der Waals surface area contributed by atoms with Crippen molar-refractivity contribution in [3.05, 3.63) is 70.4 Å². The zero-order valence-corrected chi connectivity index (χ0v) is 14.1. The summed E-state index contributed by atoms with van der Waals surface area (Å²) >= 11 is 6.11. The molecule has 1 aliphatic rings. The molecule has 3 rings (SSSR count). The Morgan fingerprint density at radius 1 is 1.12 bits per heavy atom. The molecular formula is C19H16ClNO3. The van der Waals surface area contributed by atoms with Crippen molar-refractivity contribution in [2.24, 2.45) is 4.99 Å². The van der Waals surface area contributed by atoms with Crippen molar-refractivity contribution in [3.8, 4) is 5.75 Å². The molecule has 24 heavy (non-hydrogen) atoms. The number of carbonyl (C=O) groups excluding carboxylic acids is 1. The first-order chi connectivity index (χ1) is 11.5. The first kappa shape index (κ1) is 16.3. The molecule has 0 saturated heterocycles. The van der Waals surface area contributed by atoms with E-state index in [1.807, 2.05) is 44.2 Å². The molecule has 4 nitrogen and oxygen atoms in total. The van der Waals surface area contributed by atoms with Crippen LogP contribution >= 0.6 is 11.6 Å². The Kier molecular flexibility index (Phi) is 4.67. The third kappa shape index (κ3) is 3.66. The van der Waals surface area contributed by atoms with Crippen molar-refractivity contribution in [2.75, 3.05) is 0 Å². The standard InChI is InChI=1S/C19H16ClNO3/c1-12(2)23-14-9-7-13(8-10-14)11-17-19(22)24-18(21-17)15-5-3-4-6-16(15)20/h3-12H,1-2H3/b17-11+. The minimum atomic E-state index is -0.493. The number of carbonyl (C=O) groups is 1. The number of esters is 1. The van der Waals surface area contributed by atoms with Gasteiger partial charge in [0.25, 0.3) is 0 Å². The lowest BCUT2D eigenvalue weighted by Gasteiger charge is -2.09. The fourth-order valence-corrected chi connectivity index (χ4v) is 2.45. The van der Waals surface area contributed by atoms with Crippen molar-refractivity contribution in [1.82, 2.24) is 0 Å². The molecule has 5 heteroatoms. The summed E-state index contributed by atoms with van der Waals surface area (Å²) < 4.78 is 10.8. The van der Waals surface area contributed by atoms with E-state index in [9.17, 15) is 4.79 Å². The van der Waals surface area contributed by atoms with Crippen LogP contribution in [0.4, 0.5) is 0 Å². The minimum absolute atomic E-state index is 0.113. The number of aliphatic imine (C=N–C) groups is 1. The molecule has 0 aromatic heterocycles. The third-order valence-corrected chi connectivity index (χ3v) is 3.61. The van der Waals surface area contributed by atoms with E-state index in [4.69, 9.17) is 21.1 Å². The lowest BCUT2D eigenvalue weighted by Crippen LogP contribution is -2.05. The number of halogens is 1. The molecular weight excluding hydrogens is 326 g/mol. The largest absolute Gasteiger partial charge is 0.491 e. The van der Waals surface area contributed by atoms with Gasteiger partial charge in [-0.05, 0) is 49.8 Å². The van der Waals surface area contributed by atoms with Gasteiger partial charge in [-0.2, -0.15) is 0 Å². The zero-order valence-electron chi connectivity index (χ0n) is 13.3. The van der Waals surface area contributed by atoms with E-state index in [0.717, 1.165) is 11.3 Å². The summed E-state index contributed by atoms with van der Waals surface area (Å²) in [7, 11) is 0. The van der Waals surface area contributed by atoms with Gasteiger partial charge >= 0.3 is 5.97 Å². The fourth-order valence-electron chi connectivity index (χ4n) is 2.23. The van der Waals surface area contributed by atoms with Crippen molar-refractivity contribution >= 4 is 29.5 Å². The highest BCUT2D eigenvalue weighted by Gasteiger charge is 2.25. The maximum atomic E-state index is 12.0. The van der Waals surface area contributed by atoms with Crippen LogP contribution in [-0.4, -0.2) is 18.0 Å². The summed E-state index contributed by atoms with van der Waals surface area (Å²) in [4.78, 5) is 16.3. The van der Waals surface area contributed by atoms with Crippen LogP contribution in [0.5, 0.6) is 5.75 Å². The SMILES string of the molecule is CC(C)Oc1ccc(/C=C2/N=C(c3ccccc3Cl)OC2=O)cc1. The van der Waals surface area contributed by atoms with Crippen LogP contribution in [0, 0.1) is 0 Å². The van der Waals surface area contributed by atoms with Crippen LogP contribution in [0.3, 0.4) is 0 Å². The molecule has 0 spiro atoms. The van der Waals surface area contributed by atoms with E-state index in [2.05, 4.69) is 4.99 Å². The molecule has 1 aliphatic heterocycles. The first-order valence-corrected chi connectivity index (χ1v) is 7.95. The lowest BCUT2D eigenvalue weighted by molar-refractivity contribution is -0.129. The summed E-state index contributed by atoms with van der Waals surface area (Å²) in [5.41, 5.74) is 1.67. The number of hydrogen-bond acceptors (Lipinski definition) is 4. The molecule has 1 heterocycles. The topological polar surface area (TPSA) is 47.9 Å². The maximum absolute atomic E-state index is 12.0. The normalized spacial score (nSPS) is 15.6. The quantitative estimate of drug-likeness (QED) is 0.609. The second kappa shape index (κ2) is 6.89. The van der Waals surface area contributed by atoms with Gasteiger partial charge in [-0.1, -0.05) is 35.9 Å². The molecule has 0 N–H and O–H groups in total. The lowest BCUT2D eigenvalue weighted by atomic mass is 10.2. The second-order valence-electron chi connectivity index (χ2n) is 5.55. The number of ether oxygens (including phenoxy) is 2. The minimum Gasteiger partial charge on any atom is -0.491 e. The van der Waals surface area contributed by atoms with Gasteiger partial charge in [0, 0.05) is 0 Å². The predicted octanol–water partition coefficient (Wildman–Crippen LogP) is 4.47. The van der Waals surface area contributed by atoms with Gasteiger partial charge in [-0.25, -0.2) is 9.79 Å². The highest BCUT2D eigenvalue weighted by molar-refractivity contribution is 6.34. The van der Waals surface area contributed by atoms with E-state index in [-0.39, 0.29) is 17.7 Å². The highest BCUT2D eigenvalue weighted by Crippen LogP contribution is 2.24. The Hall–Kier alpha value is -2.59. The van der Waals surface area contributed by atoms with Gasteiger partial charge in [-0.15, -0.1) is 0 Å². The van der Waals surface area contributed by atoms with Crippen molar-refractivity contribution in [1.29, 1.82) is 0 Å². The van der Waals surface area contributed by atoms with E-state index >= 15 is 0 Å². The smallest absolute Gasteiger partial charge is 0.363 e. The van der Waals surface area contributed by atoms with Gasteiger partial charge in [0.1, 0.15) is 5.75 Å². The maximum Gasteiger partial charge on any atom is 0.363 e. The first-order valence-electron chi connectivity index (χ1n) is 7.57. The fraction of sp³-hybridized carbons (Fsp3) is 0.158. The van der Waals surface area contributed by atoms with Crippen LogP contribution in [-0.2, 0) is 9.53 Å². The van der Waals surface area contributed by atoms with Gasteiger partial charge in [0.05, 0.1) is 16.7 Å². The van der Waals surface area contributed by atoms with Crippen molar-refractivity contribution < 1.29 is 14.3 Å². The number of cyclic esters (lactones) is 1. The Morgan fingerprint density at radius 3 is 2.50 bits per heavy atom. The third-order valence-electron chi connectivity index (χ3n) is 3.28. The van der Waals surface area contributed by atoms with Gasteiger partial charge in [-0.3, -0.25) is 0 Å². The van der Waals surface area contributed by atoms with Crippen LogP contribution in [0.1, 0.15) is 25.0 Å². The molecule has 0 saturated carbocycles. The van der Waals surface area contributed by atoms with Gasteiger partial charge < -0.3 is 9.47 Å². The molecule has 0 aliphatic carbocycles. The molecule has 0 bridgehead atoms. The molecule has 122 valence electrons. The van der Waals surface area contributed by atoms with E-state index in [1.165, 1.54) is 0 Å². The molecule has 0 radical (unpaired) electrons. The summed E-state index contributed by atoms with van der Waals surface area (Å²) in [5.74, 6) is 0.505. The summed E-state index contributed by atoms with van der Waals surface area (Å²) in [6.45, 7) is 3.94. The Labute approximate surface area is 145 Å². The summed E-state index contributed by atoms with van der Waals surface area (Å²) in [6.07, 6.45) is 1.78. The number of nitrogens with zero attached hydrogens (tertiary/aromatic N) is 1. The number of hydrogen-bond donors (Lipinski definition) is 0. The molecule has 2 aromatic carbocycles. The summed E-state index contributed by atoms with van der Waals surface area (Å²) in [5, 5.41) is 0.487. The number of benzene rings is 2. The Balaban J connectivity index is 1.85. The van der Waals surface area contributed by atoms with Gasteiger partial charge in [0.2, 0.25) is 5.90 Å². The molecule has 0 atom stereocenters. The van der Waals surface area contributed by atoms with E-state index in [1.54, 1.807) is 24.3 Å². The monoisotopic (exact) mass is 341 g/mol. The van der Waals surface area contributed by atoms with Gasteiger partial charge in [0.15, 0.2) is 5.70 Å². The van der Waals surface area contributed by atoms with Crippen LogP contribution in [0.2, 0.25) is 5.02 Å². The highest BCUT2D eigenvalue weighted by atomic mass is 35.5. The molecule has 2 aromatic rings. The van der Waals surface area contributed by atoms with Crippen LogP contribution in [0.25, 0.3) is 6.08 Å². The van der Waals surface area contributed by atoms with Crippen LogP contribution < -0.4 is 4.74 Å².